The molecule has 0 spiro atoms. The summed E-state index contributed by atoms with van der Waals surface area (Å²) in [5.41, 5.74) is 2.29. The topological polar surface area (TPSA) is 88.4 Å². The Morgan fingerprint density at radius 1 is 1.21 bits per heavy atom. The molecule has 28 heavy (non-hydrogen) atoms. The monoisotopic (exact) mass is 602 g/mol. The van der Waals surface area contributed by atoms with Gasteiger partial charge in [-0.25, -0.2) is 4.79 Å². The molecule has 8 heteroatoms. The number of halogens is 2. The van der Waals surface area contributed by atoms with E-state index < -0.39 is 11.9 Å². The van der Waals surface area contributed by atoms with Crippen LogP contribution < -0.4 is 10.1 Å². The van der Waals surface area contributed by atoms with Crippen LogP contribution in [0, 0.1) is 25.4 Å². The number of anilines is 1. The van der Waals surface area contributed by atoms with Crippen LogP contribution in [-0.4, -0.2) is 25.6 Å². The summed E-state index contributed by atoms with van der Waals surface area (Å²) >= 11 is 4.15. The van der Waals surface area contributed by atoms with Gasteiger partial charge in [0, 0.05) is 5.69 Å². The Morgan fingerprint density at radius 2 is 1.89 bits per heavy atom. The summed E-state index contributed by atoms with van der Waals surface area (Å²) in [6.45, 7) is 1.73. The molecule has 0 atom stereocenters. The molecule has 0 aliphatic carbocycles. The first-order valence-electron chi connectivity index (χ1n) is 8.02. The molecule has 2 rings (SSSR count). The van der Waals surface area contributed by atoms with Gasteiger partial charge in [-0.3, -0.25) is 4.79 Å². The highest BCUT2D eigenvalue weighted by Gasteiger charge is 2.13. The van der Waals surface area contributed by atoms with Crippen LogP contribution in [0.25, 0.3) is 6.08 Å². The Balaban J connectivity index is 2.22. The molecular weight excluding hydrogens is 586 g/mol. The third-order valence-electron chi connectivity index (χ3n) is 3.53. The van der Waals surface area contributed by atoms with Gasteiger partial charge in [-0.2, -0.15) is 5.26 Å². The smallest absolute Gasteiger partial charge is 0.343 e. The molecule has 0 saturated carbocycles. The summed E-state index contributed by atoms with van der Waals surface area (Å²) in [6, 6.07) is 12.8. The fourth-order valence-electron chi connectivity index (χ4n) is 2.23. The fraction of sp³-hybridized carbons (Fsp3) is 0.150. The quantitative estimate of drug-likeness (QED) is 0.231. The molecule has 1 amide bonds. The maximum atomic E-state index is 12.4. The summed E-state index contributed by atoms with van der Waals surface area (Å²) in [5.74, 6) is -0.411. The number of nitrogens with one attached hydrogen (secondary N) is 1. The highest BCUT2D eigenvalue weighted by atomic mass is 127. The van der Waals surface area contributed by atoms with E-state index in [-0.39, 0.29) is 12.2 Å². The van der Waals surface area contributed by atoms with Crippen LogP contribution in [-0.2, 0) is 14.3 Å². The van der Waals surface area contributed by atoms with Gasteiger partial charge in [0.25, 0.3) is 5.91 Å². The number of esters is 1. The number of methoxy groups -OCH3 is 1. The van der Waals surface area contributed by atoms with E-state index in [1.165, 1.54) is 13.2 Å². The molecule has 6 nitrogen and oxygen atoms in total. The van der Waals surface area contributed by atoms with Crippen molar-refractivity contribution in [2.45, 2.75) is 6.92 Å². The molecule has 0 aliphatic rings. The van der Waals surface area contributed by atoms with Crippen molar-refractivity contribution in [3.63, 3.8) is 0 Å². The fourth-order valence-corrected chi connectivity index (χ4v) is 4.35. The van der Waals surface area contributed by atoms with Crippen LogP contribution in [0.3, 0.4) is 0 Å². The van der Waals surface area contributed by atoms with Gasteiger partial charge in [0.05, 0.1) is 14.3 Å². The summed E-state index contributed by atoms with van der Waals surface area (Å²) in [6.07, 6.45) is 1.51. The predicted molar refractivity (Wildman–Crippen MR) is 123 cm³/mol. The number of carbonyl (C=O) groups is 2. The van der Waals surface area contributed by atoms with Crippen molar-refractivity contribution in [3.05, 3.63) is 60.2 Å². The standard InChI is InChI=1S/C20H16I2N2O4/c1-12-4-3-5-15(6-12)24-20(26)14(10-23)7-13-8-16(21)19(17(22)9-13)28-11-18(25)27-2/h3-9H,11H2,1-2H3,(H,24,26)/b14-7-. The second kappa shape index (κ2) is 10.4. The minimum atomic E-state index is -0.482. The molecule has 2 aromatic carbocycles. The summed E-state index contributed by atoms with van der Waals surface area (Å²) in [7, 11) is 1.29. The Labute approximate surface area is 190 Å². The average Bonchev–Trinajstić information content (AvgIpc) is 2.65. The maximum Gasteiger partial charge on any atom is 0.343 e. The number of ether oxygens (including phenoxy) is 2. The SMILES string of the molecule is COC(=O)COc1c(I)cc(/C=C(/C#N)C(=O)Nc2cccc(C)c2)cc1I. The van der Waals surface area contributed by atoms with Crippen LogP contribution >= 0.6 is 45.2 Å². The molecular formula is C20H16I2N2O4. The zero-order valence-electron chi connectivity index (χ0n) is 15.1. The maximum absolute atomic E-state index is 12.4. The van der Waals surface area contributed by atoms with E-state index in [2.05, 4.69) is 55.2 Å². The Hall–Kier alpha value is -2.13. The highest BCUT2D eigenvalue weighted by Crippen LogP contribution is 2.30. The first-order valence-corrected chi connectivity index (χ1v) is 10.2. The number of hydrogen-bond acceptors (Lipinski definition) is 5. The van der Waals surface area contributed by atoms with E-state index >= 15 is 0 Å². The van der Waals surface area contributed by atoms with Crippen molar-refractivity contribution in [2.75, 3.05) is 19.0 Å². The summed E-state index contributed by atoms with van der Waals surface area (Å²) < 4.78 is 11.5. The second-order valence-corrected chi connectivity index (χ2v) is 8.00. The lowest BCUT2D eigenvalue weighted by Gasteiger charge is -2.11. The van der Waals surface area contributed by atoms with Gasteiger partial charge < -0.3 is 14.8 Å². The lowest BCUT2D eigenvalue weighted by molar-refractivity contribution is -0.142. The normalized spacial score (nSPS) is 10.8. The van der Waals surface area contributed by atoms with Crippen molar-refractivity contribution in [1.82, 2.24) is 0 Å². The van der Waals surface area contributed by atoms with Gasteiger partial charge in [0.2, 0.25) is 0 Å². The first kappa shape index (κ1) is 22.2. The molecule has 0 heterocycles. The van der Waals surface area contributed by atoms with Crippen LogP contribution in [0.15, 0.2) is 42.0 Å². The Kier molecular flexibility index (Phi) is 8.25. The van der Waals surface area contributed by atoms with Crippen LogP contribution in [0.2, 0.25) is 0 Å². The lowest BCUT2D eigenvalue weighted by Crippen LogP contribution is -2.14. The molecule has 0 aromatic heterocycles. The molecule has 0 unspecified atom stereocenters. The largest absolute Gasteiger partial charge is 0.480 e. The van der Waals surface area contributed by atoms with Gasteiger partial charge >= 0.3 is 5.97 Å². The zero-order valence-corrected chi connectivity index (χ0v) is 19.4. The third kappa shape index (κ3) is 6.20. The summed E-state index contributed by atoms with van der Waals surface area (Å²) in [5, 5.41) is 12.1. The number of rotatable bonds is 6. The number of benzene rings is 2. The van der Waals surface area contributed by atoms with Crippen LogP contribution in [0.4, 0.5) is 5.69 Å². The number of hydrogen-bond donors (Lipinski definition) is 1. The molecule has 0 radical (unpaired) electrons. The number of carbonyl (C=O) groups excluding carboxylic acids is 2. The third-order valence-corrected chi connectivity index (χ3v) is 5.14. The summed E-state index contributed by atoms with van der Waals surface area (Å²) in [4.78, 5) is 23.7. The van der Waals surface area contributed by atoms with Gasteiger partial charge in [-0.1, -0.05) is 12.1 Å². The first-order chi connectivity index (χ1) is 13.3. The van der Waals surface area contributed by atoms with E-state index in [0.29, 0.717) is 17.0 Å². The molecule has 0 fully saturated rings. The van der Waals surface area contributed by atoms with E-state index in [1.807, 2.05) is 31.2 Å². The lowest BCUT2D eigenvalue weighted by atomic mass is 10.1. The van der Waals surface area contributed by atoms with Crippen LogP contribution in [0.1, 0.15) is 11.1 Å². The Morgan fingerprint density at radius 3 is 2.46 bits per heavy atom. The molecule has 2 aromatic rings. The van der Waals surface area contributed by atoms with E-state index in [0.717, 1.165) is 12.7 Å². The molecule has 1 N–H and O–H groups in total. The van der Waals surface area contributed by atoms with Crippen molar-refractivity contribution in [2.24, 2.45) is 0 Å². The molecule has 144 valence electrons. The van der Waals surface area contributed by atoms with Crippen molar-refractivity contribution in [3.8, 4) is 11.8 Å². The molecule has 0 bridgehead atoms. The highest BCUT2D eigenvalue weighted by molar-refractivity contribution is 14.1. The zero-order chi connectivity index (χ0) is 20.7. The van der Waals surface area contributed by atoms with Gasteiger partial charge in [-0.15, -0.1) is 0 Å². The van der Waals surface area contributed by atoms with Gasteiger partial charge in [-0.05, 0) is 93.6 Å². The second-order valence-electron chi connectivity index (χ2n) is 5.67. The number of aryl methyl sites for hydroxylation is 1. The van der Waals surface area contributed by atoms with Gasteiger partial charge in [0.1, 0.15) is 17.4 Å². The molecule has 0 saturated heterocycles. The Bertz CT molecular complexity index is 957. The minimum Gasteiger partial charge on any atom is -0.480 e. The van der Waals surface area contributed by atoms with E-state index in [4.69, 9.17) is 4.74 Å². The number of amides is 1. The predicted octanol–water partition coefficient (Wildman–Crippen LogP) is 4.30. The number of nitriles is 1. The van der Waals surface area contributed by atoms with Gasteiger partial charge in [0.15, 0.2) is 6.61 Å². The molecule has 0 aliphatic heterocycles. The minimum absolute atomic E-state index is 0.0173. The average molecular weight is 602 g/mol. The van der Waals surface area contributed by atoms with E-state index in [1.54, 1.807) is 18.2 Å². The van der Waals surface area contributed by atoms with Crippen molar-refractivity contribution in [1.29, 1.82) is 5.26 Å². The number of nitrogens with zero attached hydrogens (tertiary/aromatic N) is 1. The van der Waals surface area contributed by atoms with Crippen LogP contribution in [0.5, 0.6) is 5.75 Å². The van der Waals surface area contributed by atoms with Crippen molar-refractivity contribution < 1.29 is 19.1 Å². The van der Waals surface area contributed by atoms with E-state index in [9.17, 15) is 14.9 Å². The van der Waals surface area contributed by atoms with Crippen molar-refractivity contribution >= 4 is 68.8 Å².